The van der Waals surface area contributed by atoms with Gasteiger partial charge in [0.2, 0.25) is 15.9 Å². The van der Waals surface area contributed by atoms with Crippen LogP contribution in [0.25, 0.3) is 0 Å². The number of hydrogen-bond donors (Lipinski definition) is 1. The number of carbonyl (C=O) groups excluding carboxylic acids is 1. The fourth-order valence-corrected chi connectivity index (χ4v) is 5.15. The first-order valence-electron chi connectivity index (χ1n) is 11.7. The second kappa shape index (κ2) is 12.3. The highest BCUT2D eigenvalue weighted by atomic mass is 35.5. The van der Waals surface area contributed by atoms with E-state index in [1.54, 1.807) is 24.3 Å². The average molecular weight is 530 g/mol. The molecular weight excluding hydrogens is 498 g/mol. The van der Waals surface area contributed by atoms with Crippen LogP contribution in [-0.2, 0) is 27.9 Å². The van der Waals surface area contributed by atoms with Crippen LogP contribution >= 0.6 is 12.4 Å². The zero-order valence-corrected chi connectivity index (χ0v) is 21.9. The summed E-state index contributed by atoms with van der Waals surface area (Å²) in [6, 6.07) is 24.5. The fourth-order valence-electron chi connectivity index (χ4n) is 4.26. The number of benzene rings is 3. The van der Waals surface area contributed by atoms with Gasteiger partial charge in [0.1, 0.15) is 11.5 Å². The summed E-state index contributed by atoms with van der Waals surface area (Å²) in [5.74, 6) is 1.14. The van der Waals surface area contributed by atoms with Crippen LogP contribution < -0.4 is 14.8 Å². The number of ether oxygens (including phenoxy) is 1. The molecule has 2 N–H and O–H groups in total. The smallest absolute Gasteiger partial charge is 0.232 e. The number of primary amides is 1. The molecule has 1 aliphatic rings. The maximum Gasteiger partial charge on any atom is 0.232 e. The number of nitrogens with zero attached hydrogens (tertiary/aromatic N) is 2. The third-order valence-electron chi connectivity index (χ3n) is 6.25. The first-order valence-corrected chi connectivity index (χ1v) is 13.5. The molecule has 3 aromatic carbocycles. The minimum absolute atomic E-state index is 0. The van der Waals surface area contributed by atoms with E-state index in [1.807, 2.05) is 54.6 Å². The Kier molecular flexibility index (Phi) is 9.37. The van der Waals surface area contributed by atoms with Gasteiger partial charge in [-0.05, 0) is 73.5 Å². The van der Waals surface area contributed by atoms with E-state index >= 15 is 0 Å². The molecule has 0 radical (unpaired) electrons. The summed E-state index contributed by atoms with van der Waals surface area (Å²) < 4.78 is 32.2. The number of piperidine rings is 1. The Morgan fingerprint density at radius 1 is 0.917 bits per heavy atom. The second-order valence-electron chi connectivity index (χ2n) is 8.95. The Morgan fingerprint density at radius 3 is 2.00 bits per heavy atom. The topological polar surface area (TPSA) is 92.9 Å². The van der Waals surface area contributed by atoms with E-state index in [0.29, 0.717) is 17.2 Å². The van der Waals surface area contributed by atoms with Gasteiger partial charge < -0.3 is 10.5 Å². The van der Waals surface area contributed by atoms with Crippen molar-refractivity contribution in [3.05, 3.63) is 90.0 Å². The monoisotopic (exact) mass is 529 g/mol. The van der Waals surface area contributed by atoms with Gasteiger partial charge in [0.15, 0.2) is 0 Å². The fraction of sp³-hybridized carbons (Fsp3) is 0.296. The lowest BCUT2D eigenvalue weighted by Gasteiger charge is -2.30. The molecule has 1 saturated heterocycles. The van der Waals surface area contributed by atoms with Crippen molar-refractivity contribution in [1.82, 2.24) is 4.90 Å². The van der Waals surface area contributed by atoms with E-state index in [1.165, 1.54) is 16.1 Å². The highest BCUT2D eigenvalue weighted by Crippen LogP contribution is 2.27. The molecule has 1 heterocycles. The molecule has 36 heavy (non-hydrogen) atoms. The molecule has 0 bridgehead atoms. The molecule has 1 amide bonds. The molecule has 0 atom stereocenters. The van der Waals surface area contributed by atoms with Crippen LogP contribution in [0.3, 0.4) is 0 Å². The Hall–Kier alpha value is -3.07. The number of carbonyl (C=O) groups is 1. The van der Waals surface area contributed by atoms with Crippen molar-refractivity contribution in [2.24, 2.45) is 11.7 Å². The van der Waals surface area contributed by atoms with Crippen molar-refractivity contribution in [3.8, 4) is 11.5 Å². The largest absolute Gasteiger partial charge is 0.457 e. The summed E-state index contributed by atoms with van der Waals surface area (Å²) >= 11 is 0. The van der Waals surface area contributed by atoms with Crippen molar-refractivity contribution in [3.63, 3.8) is 0 Å². The van der Waals surface area contributed by atoms with E-state index in [-0.39, 0.29) is 30.8 Å². The molecule has 3 aromatic rings. The van der Waals surface area contributed by atoms with Crippen molar-refractivity contribution in [1.29, 1.82) is 0 Å². The molecule has 7 nitrogen and oxygen atoms in total. The normalized spacial score (nSPS) is 14.6. The van der Waals surface area contributed by atoms with Gasteiger partial charge in [-0.1, -0.05) is 42.5 Å². The lowest BCUT2D eigenvalue weighted by atomic mass is 9.96. The Bertz CT molecular complexity index is 1230. The van der Waals surface area contributed by atoms with Crippen LogP contribution in [0.5, 0.6) is 11.5 Å². The van der Waals surface area contributed by atoms with Gasteiger partial charge in [0, 0.05) is 12.5 Å². The van der Waals surface area contributed by atoms with Crippen LogP contribution in [0.1, 0.15) is 24.0 Å². The van der Waals surface area contributed by atoms with Crippen molar-refractivity contribution >= 4 is 34.0 Å². The van der Waals surface area contributed by atoms with Crippen molar-refractivity contribution in [2.45, 2.75) is 25.9 Å². The molecule has 0 spiro atoms. The quantitative estimate of drug-likeness (QED) is 0.438. The molecular formula is C27H32ClN3O4S. The van der Waals surface area contributed by atoms with Gasteiger partial charge >= 0.3 is 0 Å². The molecule has 0 saturated carbocycles. The number of anilines is 1. The van der Waals surface area contributed by atoms with Crippen LogP contribution in [-0.4, -0.2) is 38.6 Å². The molecule has 1 fully saturated rings. The SMILES string of the molecule is CS(=O)(=O)N(Cc1ccccc1)c1ccc(Oc2ccc(CN3CCC(C(N)=O)CC3)cc2)cc1.Cl. The lowest BCUT2D eigenvalue weighted by Crippen LogP contribution is -2.38. The lowest BCUT2D eigenvalue weighted by molar-refractivity contribution is -0.123. The summed E-state index contributed by atoms with van der Waals surface area (Å²) in [5, 5.41) is 0. The molecule has 0 aliphatic carbocycles. The predicted molar refractivity (Wildman–Crippen MR) is 145 cm³/mol. The summed E-state index contributed by atoms with van der Waals surface area (Å²) in [6.45, 7) is 2.82. The number of nitrogens with two attached hydrogens (primary N) is 1. The number of halogens is 1. The second-order valence-corrected chi connectivity index (χ2v) is 10.9. The summed E-state index contributed by atoms with van der Waals surface area (Å²) in [4.78, 5) is 13.7. The van der Waals surface area contributed by atoms with Gasteiger partial charge in [0.25, 0.3) is 0 Å². The number of likely N-dealkylation sites (tertiary alicyclic amines) is 1. The van der Waals surface area contributed by atoms with Crippen molar-refractivity contribution in [2.75, 3.05) is 23.7 Å². The van der Waals surface area contributed by atoms with Crippen LogP contribution in [0.4, 0.5) is 5.69 Å². The molecule has 9 heteroatoms. The average Bonchev–Trinajstić information content (AvgIpc) is 2.85. The minimum atomic E-state index is -3.45. The van der Waals surface area contributed by atoms with Gasteiger partial charge in [-0.25, -0.2) is 8.42 Å². The molecule has 0 unspecified atom stereocenters. The van der Waals surface area contributed by atoms with E-state index in [2.05, 4.69) is 4.90 Å². The number of sulfonamides is 1. The molecule has 1 aliphatic heterocycles. The highest BCUT2D eigenvalue weighted by Gasteiger charge is 2.23. The van der Waals surface area contributed by atoms with Crippen LogP contribution in [0.15, 0.2) is 78.9 Å². The van der Waals surface area contributed by atoms with Crippen molar-refractivity contribution < 1.29 is 17.9 Å². The maximum atomic E-state index is 12.4. The maximum absolute atomic E-state index is 12.4. The van der Waals surface area contributed by atoms with E-state index < -0.39 is 10.0 Å². The molecule has 0 aromatic heterocycles. The van der Waals surface area contributed by atoms with Crippen LogP contribution in [0.2, 0.25) is 0 Å². The summed E-state index contributed by atoms with van der Waals surface area (Å²) in [6.07, 6.45) is 2.84. The minimum Gasteiger partial charge on any atom is -0.457 e. The first-order chi connectivity index (χ1) is 16.8. The third kappa shape index (κ3) is 7.46. The van der Waals surface area contributed by atoms with Crippen LogP contribution in [0, 0.1) is 5.92 Å². The van der Waals surface area contributed by atoms with Gasteiger partial charge in [-0.3, -0.25) is 14.0 Å². The number of rotatable bonds is 9. The predicted octanol–water partition coefficient (Wildman–Crippen LogP) is 4.56. The summed E-state index contributed by atoms with van der Waals surface area (Å²) in [7, 11) is -3.45. The van der Waals surface area contributed by atoms with Gasteiger partial charge in [-0.2, -0.15) is 0 Å². The van der Waals surface area contributed by atoms with Gasteiger partial charge in [-0.15, -0.1) is 12.4 Å². The highest BCUT2D eigenvalue weighted by molar-refractivity contribution is 7.92. The first kappa shape index (κ1) is 27.5. The standard InChI is InChI=1S/C27H31N3O4S.ClH/c1-35(32,33)30(20-21-5-3-2-4-6-21)24-9-13-26(14-10-24)34-25-11-7-22(8-12-25)19-29-17-15-23(16-18-29)27(28)31;/h2-14,23H,15-20H2,1H3,(H2,28,31);1H. The van der Waals surface area contributed by atoms with E-state index in [9.17, 15) is 13.2 Å². The zero-order chi connectivity index (χ0) is 24.8. The Labute approximate surface area is 219 Å². The van der Waals surface area contributed by atoms with E-state index in [4.69, 9.17) is 10.5 Å². The third-order valence-corrected chi connectivity index (χ3v) is 7.39. The Morgan fingerprint density at radius 2 is 1.47 bits per heavy atom. The molecule has 4 rings (SSSR count). The molecule has 192 valence electrons. The number of amides is 1. The van der Waals surface area contributed by atoms with E-state index in [0.717, 1.165) is 38.0 Å². The van der Waals surface area contributed by atoms with Gasteiger partial charge in [0.05, 0.1) is 18.5 Å². The zero-order valence-electron chi connectivity index (χ0n) is 20.2. The number of hydrogen-bond acceptors (Lipinski definition) is 5. The Balaban J connectivity index is 0.00000361. The summed E-state index contributed by atoms with van der Waals surface area (Å²) in [5.41, 5.74) is 8.09.